The number of hydrogen-bond acceptors (Lipinski definition) is 3. The number of aryl methyl sites for hydroxylation is 1. The topological polar surface area (TPSA) is 63.4 Å². The molecule has 0 aliphatic rings. The lowest BCUT2D eigenvalue weighted by Crippen LogP contribution is -2.25. The van der Waals surface area contributed by atoms with Crippen molar-refractivity contribution in [1.29, 1.82) is 0 Å². The Hall–Kier alpha value is -1.07. The molecule has 0 aliphatic heterocycles. The fraction of sp³-hybridized carbons (Fsp3) is 0.500. The van der Waals surface area contributed by atoms with Crippen LogP contribution < -0.4 is 10.0 Å². The molecular weight excluding hydrogens is 236 g/mol. The van der Waals surface area contributed by atoms with Gasteiger partial charge in [0.1, 0.15) is 0 Å². The Bertz CT molecular complexity index is 456. The van der Waals surface area contributed by atoms with Gasteiger partial charge in [0.2, 0.25) is 10.0 Å². The van der Waals surface area contributed by atoms with Crippen molar-refractivity contribution < 1.29 is 8.42 Å². The summed E-state index contributed by atoms with van der Waals surface area (Å²) in [7, 11) is -1.67. The summed E-state index contributed by atoms with van der Waals surface area (Å²) in [5.41, 5.74) is 8.24. The van der Waals surface area contributed by atoms with Crippen LogP contribution in [-0.4, -0.2) is 21.7 Å². The maximum Gasteiger partial charge on any atom is 0.231 e. The Morgan fingerprint density at radius 1 is 1.29 bits per heavy atom. The smallest absolute Gasteiger partial charge is 0.231 e. The fourth-order valence-corrected chi connectivity index (χ4v) is 1.76. The van der Waals surface area contributed by atoms with Crippen LogP contribution >= 0.6 is 0 Å². The van der Waals surface area contributed by atoms with Gasteiger partial charge in [0.25, 0.3) is 0 Å². The third kappa shape index (κ3) is 4.36. The molecule has 0 radical (unpaired) electrons. The lowest BCUT2D eigenvalue weighted by Gasteiger charge is -2.18. The van der Waals surface area contributed by atoms with Crippen molar-refractivity contribution in [2.24, 2.45) is 5.73 Å². The zero-order valence-electron chi connectivity index (χ0n) is 11.2. The Balaban J connectivity index is 0.00000121. The minimum absolute atomic E-state index is 0.414. The summed E-state index contributed by atoms with van der Waals surface area (Å²) in [4.78, 5) is 0. The first-order valence-electron chi connectivity index (χ1n) is 5.59. The van der Waals surface area contributed by atoms with E-state index >= 15 is 0 Å². The van der Waals surface area contributed by atoms with E-state index in [1.807, 2.05) is 26.8 Å². The van der Waals surface area contributed by atoms with Gasteiger partial charge in [-0.3, -0.25) is 4.31 Å². The maximum atomic E-state index is 11.3. The van der Waals surface area contributed by atoms with E-state index in [0.717, 1.165) is 11.1 Å². The van der Waals surface area contributed by atoms with Crippen LogP contribution in [0.3, 0.4) is 0 Å². The minimum atomic E-state index is -3.20. The van der Waals surface area contributed by atoms with Crippen molar-refractivity contribution in [3.63, 3.8) is 0 Å². The third-order valence-electron chi connectivity index (χ3n) is 2.41. The second-order valence-corrected chi connectivity index (χ2v) is 5.56. The van der Waals surface area contributed by atoms with E-state index in [-0.39, 0.29) is 0 Å². The van der Waals surface area contributed by atoms with Gasteiger partial charge >= 0.3 is 0 Å². The fourth-order valence-electron chi connectivity index (χ4n) is 1.27. The lowest BCUT2D eigenvalue weighted by atomic mass is 10.1. The summed E-state index contributed by atoms with van der Waals surface area (Å²) in [5, 5.41) is 0. The molecule has 5 heteroatoms. The normalized spacial score (nSPS) is 10.5. The second kappa shape index (κ2) is 6.61. The first-order chi connectivity index (χ1) is 7.86. The van der Waals surface area contributed by atoms with Crippen LogP contribution in [-0.2, 0) is 16.6 Å². The van der Waals surface area contributed by atoms with Crippen LogP contribution in [0, 0.1) is 6.92 Å². The van der Waals surface area contributed by atoms with Gasteiger partial charge in [-0.15, -0.1) is 0 Å². The summed E-state index contributed by atoms with van der Waals surface area (Å²) in [5.74, 6) is 0. The quantitative estimate of drug-likeness (QED) is 0.900. The number of hydrogen-bond donors (Lipinski definition) is 1. The van der Waals surface area contributed by atoms with Crippen LogP contribution in [0.2, 0.25) is 0 Å². The molecule has 1 aromatic rings. The number of nitrogens with two attached hydrogens (primary N) is 1. The van der Waals surface area contributed by atoms with Gasteiger partial charge in [-0.1, -0.05) is 19.9 Å². The molecule has 98 valence electrons. The molecule has 4 nitrogen and oxygen atoms in total. The molecule has 0 saturated heterocycles. The van der Waals surface area contributed by atoms with Gasteiger partial charge in [0, 0.05) is 13.6 Å². The summed E-state index contributed by atoms with van der Waals surface area (Å²) in [6.45, 7) is 6.36. The van der Waals surface area contributed by atoms with E-state index in [1.165, 1.54) is 17.6 Å². The van der Waals surface area contributed by atoms with Crippen LogP contribution in [0.5, 0.6) is 0 Å². The highest BCUT2D eigenvalue weighted by Gasteiger charge is 2.12. The van der Waals surface area contributed by atoms with Crippen molar-refractivity contribution in [3.8, 4) is 0 Å². The summed E-state index contributed by atoms with van der Waals surface area (Å²) in [6.07, 6.45) is 1.18. The SMILES string of the molecule is CC.Cc1ccc(N(C)S(C)(=O)=O)cc1CN. The first-order valence-corrected chi connectivity index (χ1v) is 7.44. The summed E-state index contributed by atoms with van der Waals surface area (Å²) >= 11 is 0. The molecule has 0 aromatic heterocycles. The van der Waals surface area contributed by atoms with Crippen molar-refractivity contribution in [2.45, 2.75) is 27.3 Å². The molecule has 0 atom stereocenters. The molecule has 0 heterocycles. The molecule has 0 fully saturated rings. The largest absolute Gasteiger partial charge is 0.326 e. The van der Waals surface area contributed by atoms with Gasteiger partial charge in [0.05, 0.1) is 11.9 Å². The van der Waals surface area contributed by atoms with E-state index < -0.39 is 10.0 Å². The van der Waals surface area contributed by atoms with Crippen LogP contribution in [0.25, 0.3) is 0 Å². The number of benzene rings is 1. The van der Waals surface area contributed by atoms with Crippen LogP contribution in [0.1, 0.15) is 25.0 Å². The predicted octanol–water partition coefficient (Wildman–Crippen LogP) is 1.88. The second-order valence-electron chi connectivity index (χ2n) is 3.55. The highest BCUT2D eigenvalue weighted by atomic mass is 32.2. The Morgan fingerprint density at radius 3 is 2.24 bits per heavy atom. The van der Waals surface area contributed by atoms with Gasteiger partial charge in [-0.05, 0) is 30.2 Å². The Labute approximate surface area is 104 Å². The first kappa shape index (κ1) is 15.9. The molecule has 0 aliphatic carbocycles. The van der Waals surface area contributed by atoms with Gasteiger partial charge in [-0.25, -0.2) is 8.42 Å². The highest BCUT2D eigenvalue weighted by Crippen LogP contribution is 2.19. The highest BCUT2D eigenvalue weighted by molar-refractivity contribution is 7.92. The van der Waals surface area contributed by atoms with Crippen molar-refractivity contribution in [3.05, 3.63) is 29.3 Å². The maximum absolute atomic E-state index is 11.3. The molecule has 1 rings (SSSR count). The Kier molecular flexibility index (Phi) is 6.20. The molecule has 0 amide bonds. The summed E-state index contributed by atoms with van der Waals surface area (Å²) < 4.78 is 23.9. The van der Waals surface area contributed by atoms with E-state index in [4.69, 9.17) is 5.73 Å². The van der Waals surface area contributed by atoms with Gasteiger partial charge in [0.15, 0.2) is 0 Å². The minimum Gasteiger partial charge on any atom is -0.326 e. The standard InChI is InChI=1S/C10H16N2O2S.C2H6/c1-8-4-5-10(6-9(8)7-11)12(2)15(3,13)14;1-2/h4-6H,7,11H2,1-3H3;1-2H3. The molecule has 0 bridgehead atoms. The van der Waals surface area contributed by atoms with Gasteiger partial charge < -0.3 is 5.73 Å². The zero-order chi connectivity index (χ0) is 13.6. The van der Waals surface area contributed by atoms with Crippen molar-refractivity contribution in [2.75, 3.05) is 17.6 Å². The lowest BCUT2D eigenvalue weighted by molar-refractivity contribution is 0.600. The number of anilines is 1. The van der Waals surface area contributed by atoms with E-state index in [2.05, 4.69) is 0 Å². The van der Waals surface area contributed by atoms with Crippen molar-refractivity contribution >= 4 is 15.7 Å². The number of nitrogens with zero attached hydrogens (tertiary/aromatic N) is 1. The average Bonchev–Trinajstić information content (AvgIpc) is 2.30. The van der Waals surface area contributed by atoms with E-state index in [0.29, 0.717) is 12.2 Å². The monoisotopic (exact) mass is 258 g/mol. The van der Waals surface area contributed by atoms with E-state index in [1.54, 1.807) is 12.1 Å². The third-order valence-corrected chi connectivity index (χ3v) is 3.62. The average molecular weight is 258 g/mol. The Morgan fingerprint density at radius 2 is 1.82 bits per heavy atom. The molecule has 0 spiro atoms. The molecule has 2 N–H and O–H groups in total. The van der Waals surface area contributed by atoms with Crippen LogP contribution in [0.4, 0.5) is 5.69 Å². The van der Waals surface area contributed by atoms with Crippen molar-refractivity contribution in [1.82, 2.24) is 0 Å². The molecular formula is C12H22N2O2S. The number of sulfonamides is 1. The molecule has 17 heavy (non-hydrogen) atoms. The molecule has 0 saturated carbocycles. The predicted molar refractivity (Wildman–Crippen MR) is 73.7 cm³/mol. The van der Waals surface area contributed by atoms with Gasteiger partial charge in [-0.2, -0.15) is 0 Å². The molecule has 0 unspecified atom stereocenters. The molecule has 1 aromatic carbocycles. The number of rotatable bonds is 3. The summed E-state index contributed by atoms with van der Waals surface area (Å²) in [6, 6.07) is 5.45. The van der Waals surface area contributed by atoms with Crippen LogP contribution in [0.15, 0.2) is 18.2 Å². The van der Waals surface area contributed by atoms with E-state index in [9.17, 15) is 8.42 Å². The zero-order valence-corrected chi connectivity index (χ0v) is 12.0.